The third-order valence-electron chi connectivity index (χ3n) is 1.52. The first-order chi connectivity index (χ1) is 4.09. The summed E-state index contributed by atoms with van der Waals surface area (Å²) < 4.78 is 0. The second-order valence-electron chi connectivity index (χ2n) is 2.20. The lowest BCUT2D eigenvalue weighted by molar-refractivity contribution is -0.115. The van der Waals surface area contributed by atoms with Crippen LogP contribution in [0.4, 0.5) is 0 Å². The highest BCUT2D eigenvalue weighted by Gasteiger charge is 2.07. The van der Waals surface area contributed by atoms with Gasteiger partial charge in [0.1, 0.15) is 0 Å². The van der Waals surface area contributed by atoms with Crippen molar-refractivity contribution in [2.24, 2.45) is 11.7 Å². The number of hydrogen-bond acceptors (Lipinski definition) is 1. The van der Waals surface area contributed by atoms with Crippen LogP contribution in [0.5, 0.6) is 0 Å². The molecule has 1 amide bonds. The highest BCUT2D eigenvalue weighted by atomic mass is 16.1. The minimum atomic E-state index is -0.385. The van der Waals surface area contributed by atoms with Gasteiger partial charge in [-0.3, -0.25) is 4.79 Å². The summed E-state index contributed by atoms with van der Waals surface area (Å²) in [7, 11) is 0. The Balaban J connectivity index is 3.88. The van der Waals surface area contributed by atoms with Crippen LogP contribution in [0.15, 0.2) is 12.2 Å². The van der Waals surface area contributed by atoms with E-state index in [1.54, 1.807) is 0 Å². The molecule has 0 spiro atoms. The lowest BCUT2D eigenvalue weighted by atomic mass is 10.00. The molecule has 2 N–H and O–H groups in total. The van der Waals surface area contributed by atoms with E-state index in [-0.39, 0.29) is 11.8 Å². The van der Waals surface area contributed by atoms with Gasteiger partial charge in [0.05, 0.1) is 0 Å². The predicted molar refractivity (Wildman–Crippen MR) is 37.8 cm³/mol. The topological polar surface area (TPSA) is 43.1 Å². The maximum Gasteiger partial charge on any atom is 0.244 e. The summed E-state index contributed by atoms with van der Waals surface area (Å²) in [5.41, 5.74) is 5.50. The second-order valence-corrected chi connectivity index (χ2v) is 2.20. The molecule has 0 aliphatic rings. The Kier molecular flexibility index (Phi) is 2.99. The monoisotopic (exact) mass is 127 g/mol. The Morgan fingerprint density at radius 1 is 1.78 bits per heavy atom. The number of carbonyl (C=O) groups excluding carboxylic acids is 1. The van der Waals surface area contributed by atoms with Crippen molar-refractivity contribution in [3.8, 4) is 0 Å². The van der Waals surface area contributed by atoms with E-state index in [2.05, 4.69) is 6.58 Å². The minimum Gasteiger partial charge on any atom is -0.366 e. The third kappa shape index (κ3) is 2.31. The maximum absolute atomic E-state index is 10.4. The molecule has 0 saturated carbocycles. The van der Waals surface area contributed by atoms with Crippen molar-refractivity contribution in [2.45, 2.75) is 20.3 Å². The van der Waals surface area contributed by atoms with Gasteiger partial charge < -0.3 is 5.73 Å². The number of nitrogens with two attached hydrogens (primary N) is 1. The van der Waals surface area contributed by atoms with Crippen molar-refractivity contribution in [3.63, 3.8) is 0 Å². The fourth-order valence-corrected chi connectivity index (χ4v) is 0.489. The second kappa shape index (κ2) is 3.28. The van der Waals surface area contributed by atoms with Crippen LogP contribution in [0, 0.1) is 5.92 Å². The van der Waals surface area contributed by atoms with Gasteiger partial charge >= 0.3 is 0 Å². The molecule has 1 atom stereocenters. The fourth-order valence-electron chi connectivity index (χ4n) is 0.489. The largest absolute Gasteiger partial charge is 0.366 e. The summed E-state index contributed by atoms with van der Waals surface area (Å²) in [6.45, 7) is 7.49. The molecule has 0 aliphatic heterocycles. The van der Waals surface area contributed by atoms with Gasteiger partial charge in [0.2, 0.25) is 5.91 Å². The summed E-state index contributed by atoms with van der Waals surface area (Å²) in [5.74, 6) is -0.160. The van der Waals surface area contributed by atoms with Gasteiger partial charge in [0.25, 0.3) is 0 Å². The zero-order chi connectivity index (χ0) is 7.44. The molecule has 2 nitrogen and oxygen atoms in total. The summed E-state index contributed by atoms with van der Waals surface area (Å²) >= 11 is 0. The van der Waals surface area contributed by atoms with Crippen molar-refractivity contribution in [3.05, 3.63) is 12.2 Å². The lowest BCUT2D eigenvalue weighted by Gasteiger charge is -2.06. The van der Waals surface area contributed by atoms with Crippen LogP contribution in [-0.2, 0) is 4.79 Å². The van der Waals surface area contributed by atoms with Crippen molar-refractivity contribution < 1.29 is 4.79 Å². The summed E-state index contributed by atoms with van der Waals surface area (Å²) in [5, 5.41) is 0. The summed E-state index contributed by atoms with van der Waals surface area (Å²) in [4.78, 5) is 10.4. The number of carbonyl (C=O) groups is 1. The first kappa shape index (κ1) is 8.21. The van der Waals surface area contributed by atoms with Crippen LogP contribution in [0.2, 0.25) is 0 Å². The molecule has 0 fully saturated rings. The van der Waals surface area contributed by atoms with Crippen LogP contribution >= 0.6 is 0 Å². The summed E-state index contributed by atoms with van der Waals surface area (Å²) in [6.07, 6.45) is 0.918. The van der Waals surface area contributed by atoms with E-state index in [9.17, 15) is 4.79 Å². The molecule has 0 heterocycles. The zero-order valence-electron chi connectivity index (χ0n) is 5.98. The Labute approximate surface area is 55.7 Å². The van der Waals surface area contributed by atoms with Crippen LogP contribution in [0.1, 0.15) is 20.3 Å². The van der Waals surface area contributed by atoms with Crippen molar-refractivity contribution >= 4 is 5.91 Å². The molecule has 2 heteroatoms. The quantitative estimate of drug-likeness (QED) is 0.566. The van der Waals surface area contributed by atoms with Gasteiger partial charge in [-0.2, -0.15) is 0 Å². The zero-order valence-corrected chi connectivity index (χ0v) is 5.98. The molecule has 0 aliphatic carbocycles. The van der Waals surface area contributed by atoms with Crippen molar-refractivity contribution in [1.29, 1.82) is 0 Å². The molecule has 52 valence electrons. The smallest absolute Gasteiger partial charge is 0.244 e. The Morgan fingerprint density at radius 2 is 2.22 bits per heavy atom. The molecule has 9 heavy (non-hydrogen) atoms. The van der Waals surface area contributed by atoms with E-state index < -0.39 is 0 Å². The molecule has 0 aromatic carbocycles. The Morgan fingerprint density at radius 3 is 2.33 bits per heavy atom. The molecular formula is C7H13NO. The third-order valence-corrected chi connectivity index (χ3v) is 1.52. The van der Waals surface area contributed by atoms with Gasteiger partial charge in [-0.25, -0.2) is 0 Å². The Hall–Kier alpha value is -0.790. The predicted octanol–water partition coefficient (Wildman–Crippen LogP) is 1.07. The molecule has 0 aromatic heterocycles. The van der Waals surface area contributed by atoms with Gasteiger partial charge in [0, 0.05) is 5.57 Å². The van der Waals surface area contributed by atoms with E-state index in [1.807, 2.05) is 13.8 Å². The molecule has 0 unspecified atom stereocenters. The average molecular weight is 127 g/mol. The Bertz CT molecular complexity index is 129. The van der Waals surface area contributed by atoms with E-state index in [4.69, 9.17) is 5.73 Å². The van der Waals surface area contributed by atoms with Crippen molar-refractivity contribution in [1.82, 2.24) is 0 Å². The molecule has 0 saturated heterocycles. The molecule has 0 radical (unpaired) electrons. The van der Waals surface area contributed by atoms with Gasteiger partial charge in [-0.05, 0) is 12.3 Å². The normalized spacial score (nSPS) is 12.7. The number of primary amides is 1. The first-order valence-corrected chi connectivity index (χ1v) is 3.08. The number of rotatable bonds is 3. The van der Waals surface area contributed by atoms with E-state index >= 15 is 0 Å². The maximum atomic E-state index is 10.4. The number of hydrogen-bond donors (Lipinski definition) is 1. The van der Waals surface area contributed by atoms with Crippen LogP contribution < -0.4 is 5.73 Å². The molecule has 0 bridgehead atoms. The number of amides is 1. The van der Waals surface area contributed by atoms with Crippen molar-refractivity contribution in [2.75, 3.05) is 0 Å². The van der Waals surface area contributed by atoms with Gasteiger partial charge in [0.15, 0.2) is 0 Å². The summed E-state index contributed by atoms with van der Waals surface area (Å²) in [6, 6.07) is 0. The van der Waals surface area contributed by atoms with Crippen LogP contribution in [0.3, 0.4) is 0 Å². The first-order valence-electron chi connectivity index (χ1n) is 3.08. The molecule has 0 aromatic rings. The molecular weight excluding hydrogens is 114 g/mol. The standard InChI is InChI=1S/C7H13NO/c1-4-5(2)6(3)7(8)9/h5H,3-4H2,1-2H3,(H2,8,9)/t5-/m0/s1. The van der Waals surface area contributed by atoms with Gasteiger partial charge in [-0.15, -0.1) is 0 Å². The average Bonchev–Trinajstić information content (AvgIpc) is 1.84. The van der Waals surface area contributed by atoms with E-state index in [0.29, 0.717) is 5.57 Å². The van der Waals surface area contributed by atoms with E-state index in [1.165, 1.54) is 0 Å². The van der Waals surface area contributed by atoms with Crippen LogP contribution in [0.25, 0.3) is 0 Å². The minimum absolute atomic E-state index is 0.225. The highest BCUT2D eigenvalue weighted by Crippen LogP contribution is 2.10. The molecule has 0 rings (SSSR count). The SMILES string of the molecule is C=C(C(N)=O)[C@@H](C)CC. The van der Waals surface area contributed by atoms with E-state index in [0.717, 1.165) is 6.42 Å². The van der Waals surface area contributed by atoms with Gasteiger partial charge in [-0.1, -0.05) is 20.4 Å². The lowest BCUT2D eigenvalue weighted by Crippen LogP contribution is -2.17. The highest BCUT2D eigenvalue weighted by molar-refractivity contribution is 5.91. The fraction of sp³-hybridized carbons (Fsp3) is 0.571. The van der Waals surface area contributed by atoms with Crippen LogP contribution in [-0.4, -0.2) is 5.91 Å².